The number of ketones is 1. The largest absolute Gasteiger partial charge is 0.476 e. The van der Waals surface area contributed by atoms with Gasteiger partial charge in [0.15, 0.2) is 5.60 Å². The summed E-state index contributed by atoms with van der Waals surface area (Å²) in [5.41, 5.74) is 1.11. The third kappa shape index (κ3) is 5.42. The van der Waals surface area contributed by atoms with Gasteiger partial charge in [-0.1, -0.05) is 26.2 Å². The van der Waals surface area contributed by atoms with Crippen LogP contribution in [0.1, 0.15) is 102 Å². The van der Waals surface area contributed by atoms with E-state index in [1.165, 1.54) is 6.42 Å². The molecule has 182 valence electrons. The number of rotatable bonds is 8. The van der Waals surface area contributed by atoms with E-state index in [9.17, 15) is 14.4 Å². The molecule has 33 heavy (non-hydrogen) atoms. The number of benzene rings is 1. The molecule has 0 saturated heterocycles. The van der Waals surface area contributed by atoms with E-state index < -0.39 is 5.60 Å². The van der Waals surface area contributed by atoms with Crippen LogP contribution in [-0.2, 0) is 9.59 Å². The molecule has 2 amide bonds. The minimum absolute atomic E-state index is 0.0237. The van der Waals surface area contributed by atoms with Gasteiger partial charge in [0.25, 0.3) is 11.8 Å². The Morgan fingerprint density at radius 1 is 1.18 bits per heavy atom. The smallest absolute Gasteiger partial charge is 0.270 e. The van der Waals surface area contributed by atoms with E-state index in [0.717, 1.165) is 31.2 Å². The molecule has 1 saturated carbocycles. The zero-order valence-electron chi connectivity index (χ0n) is 21.2. The van der Waals surface area contributed by atoms with Crippen molar-refractivity contribution in [1.82, 2.24) is 4.90 Å². The van der Waals surface area contributed by atoms with Crippen LogP contribution in [0.4, 0.5) is 5.69 Å². The Hall–Kier alpha value is -2.37. The second kappa shape index (κ2) is 10.3. The highest BCUT2D eigenvalue weighted by atomic mass is 16.5. The number of aryl methyl sites for hydroxylation is 1. The van der Waals surface area contributed by atoms with Gasteiger partial charge in [-0.25, -0.2) is 0 Å². The van der Waals surface area contributed by atoms with Gasteiger partial charge in [-0.3, -0.25) is 14.4 Å². The van der Waals surface area contributed by atoms with Crippen molar-refractivity contribution in [3.05, 3.63) is 23.3 Å². The number of carbonyl (C=O) groups excluding carboxylic acids is 3. The van der Waals surface area contributed by atoms with Gasteiger partial charge < -0.3 is 14.5 Å². The maximum absolute atomic E-state index is 13.8. The molecule has 1 heterocycles. The lowest BCUT2D eigenvalue weighted by Crippen LogP contribution is -2.53. The molecule has 2 aliphatic rings. The van der Waals surface area contributed by atoms with E-state index in [-0.39, 0.29) is 29.7 Å². The first-order valence-electron chi connectivity index (χ1n) is 12.6. The van der Waals surface area contributed by atoms with E-state index in [1.807, 2.05) is 30.9 Å². The van der Waals surface area contributed by atoms with Crippen molar-refractivity contribution in [2.24, 2.45) is 0 Å². The highest BCUT2D eigenvalue weighted by Gasteiger charge is 2.41. The summed E-state index contributed by atoms with van der Waals surface area (Å²) in [5, 5.41) is 0. The number of ether oxygens (including phenoxy) is 1. The Labute approximate surface area is 198 Å². The maximum atomic E-state index is 13.8. The summed E-state index contributed by atoms with van der Waals surface area (Å²) in [6.45, 7) is 11.9. The van der Waals surface area contributed by atoms with Gasteiger partial charge in [0.1, 0.15) is 11.5 Å². The fourth-order valence-electron chi connectivity index (χ4n) is 5.10. The summed E-state index contributed by atoms with van der Waals surface area (Å²) < 4.78 is 6.07. The van der Waals surface area contributed by atoms with Crippen LogP contribution in [0.5, 0.6) is 5.75 Å². The first kappa shape index (κ1) is 25.3. The Morgan fingerprint density at radius 3 is 2.45 bits per heavy atom. The maximum Gasteiger partial charge on any atom is 0.270 e. The molecule has 1 aliphatic carbocycles. The quantitative estimate of drug-likeness (QED) is 0.522. The molecular weight excluding hydrogens is 416 g/mol. The zero-order valence-corrected chi connectivity index (χ0v) is 21.2. The fourth-order valence-corrected chi connectivity index (χ4v) is 5.10. The van der Waals surface area contributed by atoms with Crippen LogP contribution >= 0.6 is 0 Å². The molecule has 6 nitrogen and oxygen atoms in total. The zero-order chi connectivity index (χ0) is 24.3. The summed E-state index contributed by atoms with van der Waals surface area (Å²) in [7, 11) is 0. The number of hydrogen-bond donors (Lipinski definition) is 0. The number of Topliss-reactive ketones (excluding diaryl/α,β-unsaturated/α-hetero) is 1. The molecule has 0 atom stereocenters. The van der Waals surface area contributed by atoms with Crippen molar-refractivity contribution in [3.63, 3.8) is 0 Å². The van der Waals surface area contributed by atoms with Crippen molar-refractivity contribution in [1.29, 1.82) is 0 Å². The van der Waals surface area contributed by atoms with E-state index in [4.69, 9.17) is 4.74 Å². The second-order valence-corrected chi connectivity index (χ2v) is 10.3. The summed E-state index contributed by atoms with van der Waals surface area (Å²) >= 11 is 0. The molecule has 0 N–H and O–H groups in total. The SMILES string of the molecule is CCC(=O)CCCN1C(=O)C(C)(C)Oc2cc(C)c(C(=O)N(C(C)C)C3CCCCC3)cc21. The Kier molecular flexibility index (Phi) is 7.86. The van der Waals surface area contributed by atoms with Gasteiger partial charge in [-0.15, -0.1) is 0 Å². The van der Waals surface area contributed by atoms with Crippen LogP contribution < -0.4 is 9.64 Å². The van der Waals surface area contributed by atoms with E-state index in [1.54, 1.807) is 18.7 Å². The van der Waals surface area contributed by atoms with E-state index >= 15 is 0 Å². The highest BCUT2D eigenvalue weighted by Crippen LogP contribution is 2.40. The third-order valence-corrected chi connectivity index (χ3v) is 6.94. The molecule has 0 radical (unpaired) electrons. The van der Waals surface area contributed by atoms with Gasteiger partial charge in [-0.05, 0) is 71.6 Å². The lowest BCUT2D eigenvalue weighted by atomic mass is 9.92. The van der Waals surface area contributed by atoms with Crippen LogP contribution in [0.3, 0.4) is 0 Å². The molecule has 1 aliphatic heterocycles. The van der Waals surface area contributed by atoms with Gasteiger partial charge >= 0.3 is 0 Å². The Bertz CT molecular complexity index is 900. The summed E-state index contributed by atoms with van der Waals surface area (Å²) in [5.74, 6) is 0.684. The van der Waals surface area contributed by atoms with E-state index in [0.29, 0.717) is 42.8 Å². The minimum Gasteiger partial charge on any atom is -0.476 e. The number of anilines is 1. The van der Waals surface area contributed by atoms with Crippen LogP contribution in [-0.4, -0.2) is 46.7 Å². The van der Waals surface area contributed by atoms with Gasteiger partial charge in [-0.2, -0.15) is 0 Å². The molecule has 1 aromatic rings. The van der Waals surface area contributed by atoms with Crippen molar-refractivity contribution in [2.75, 3.05) is 11.4 Å². The molecule has 0 unspecified atom stereocenters. The molecule has 0 spiro atoms. The van der Waals surface area contributed by atoms with Crippen LogP contribution in [0.2, 0.25) is 0 Å². The van der Waals surface area contributed by atoms with Crippen molar-refractivity contribution in [2.45, 2.75) is 111 Å². The van der Waals surface area contributed by atoms with Crippen molar-refractivity contribution >= 4 is 23.3 Å². The molecule has 3 rings (SSSR count). The first-order valence-corrected chi connectivity index (χ1v) is 12.6. The number of nitrogens with zero attached hydrogens (tertiary/aromatic N) is 2. The number of hydrogen-bond acceptors (Lipinski definition) is 4. The number of carbonyl (C=O) groups is 3. The third-order valence-electron chi connectivity index (χ3n) is 6.94. The van der Waals surface area contributed by atoms with Crippen LogP contribution in [0.25, 0.3) is 0 Å². The number of fused-ring (bicyclic) bond motifs is 1. The normalized spacial score (nSPS) is 18.2. The first-order chi connectivity index (χ1) is 15.6. The molecule has 1 aromatic carbocycles. The summed E-state index contributed by atoms with van der Waals surface area (Å²) in [6, 6.07) is 4.08. The molecule has 0 bridgehead atoms. The van der Waals surface area contributed by atoms with Crippen LogP contribution in [0.15, 0.2) is 12.1 Å². The average Bonchev–Trinajstić information content (AvgIpc) is 2.76. The predicted octanol–water partition coefficient (Wildman–Crippen LogP) is 5.44. The monoisotopic (exact) mass is 456 g/mol. The molecule has 1 fully saturated rings. The van der Waals surface area contributed by atoms with Crippen molar-refractivity contribution < 1.29 is 19.1 Å². The fraction of sp³-hybridized carbons (Fsp3) is 0.667. The Morgan fingerprint density at radius 2 is 1.85 bits per heavy atom. The van der Waals surface area contributed by atoms with Crippen molar-refractivity contribution in [3.8, 4) is 5.75 Å². The lowest BCUT2D eigenvalue weighted by molar-refractivity contribution is -0.132. The molecular formula is C27H40N2O4. The van der Waals surface area contributed by atoms with Gasteiger partial charge in [0.05, 0.1) is 5.69 Å². The topological polar surface area (TPSA) is 66.9 Å². The standard InChI is InChI=1S/C27H40N2O4/c1-7-21(30)14-11-15-28-23-17-22(19(4)16-24(23)33-27(5,6)26(28)32)25(31)29(18(2)3)20-12-9-8-10-13-20/h16-18,20H,7-15H2,1-6H3. The van der Waals surface area contributed by atoms with E-state index in [2.05, 4.69) is 13.8 Å². The predicted molar refractivity (Wildman–Crippen MR) is 131 cm³/mol. The molecule has 0 aromatic heterocycles. The lowest BCUT2D eigenvalue weighted by Gasteiger charge is -2.40. The van der Waals surface area contributed by atoms with Gasteiger partial charge in [0, 0.05) is 37.0 Å². The average molecular weight is 457 g/mol. The van der Waals surface area contributed by atoms with Gasteiger partial charge in [0.2, 0.25) is 0 Å². The summed E-state index contributed by atoms with van der Waals surface area (Å²) in [6.07, 6.45) is 7.17. The number of amides is 2. The summed E-state index contributed by atoms with van der Waals surface area (Å²) in [4.78, 5) is 42.6. The highest BCUT2D eigenvalue weighted by molar-refractivity contribution is 6.05. The molecule has 6 heteroatoms. The minimum atomic E-state index is -0.994. The van der Waals surface area contributed by atoms with Crippen LogP contribution in [0, 0.1) is 6.92 Å². The Balaban J connectivity index is 1.96. The second-order valence-electron chi connectivity index (χ2n) is 10.3.